The highest BCUT2D eigenvalue weighted by Gasteiger charge is 2.20. The lowest BCUT2D eigenvalue weighted by Gasteiger charge is -2.05. The van der Waals surface area contributed by atoms with Crippen LogP contribution in [-0.4, -0.2) is 33.1 Å². The molecule has 7 nitrogen and oxygen atoms in total. The van der Waals surface area contributed by atoms with Crippen molar-refractivity contribution in [3.8, 4) is 0 Å². The molecule has 0 fully saturated rings. The summed E-state index contributed by atoms with van der Waals surface area (Å²) >= 11 is 1.55. The summed E-state index contributed by atoms with van der Waals surface area (Å²) in [4.78, 5) is 29.1. The van der Waals surface area contributed by atoms with E-state index in [1.165, 1.54) is 4.52 Å². The van der Waals surface area contributed by atoms with Crippen LogP contribution in [0.25, 0.3) is 5.65 Å². The molecule has 0 saturated heterocycles. The first-order chi connectivity index (χ1) is 11.1. The van der Waals surface area contributed by atoms with Crippen LogP contribution in [0.2, 0.25) is 0 Å². The van der Waals surface area contributed by atoms with Crippen molar-refractivity contribution in [1.82, 2.24) is 19.9 Å². The van der Waals surface area contributed by atoms with Crippen molar-refractivity contribution in [2.75, 3.05) is 6.61 Å². The Hall–Kier alpha value is -2.74. The molecule has 1 amide bonds. The molecular weight excluding hydrogens is 316 g/mol. The van der Waals surface area contributed by atoms with Gasteiger partial charge in [-0.25, -0.2) is 14.3 Å². The maximum Gasteiger partial charge on any atom is 0.344 e. The number of esters is 1. The molecule has 0 bridgehead atoms. The van der Waals surface area contributed by atoms with Crippen LogP contribution in [0.1, 0.15) is 20.9 Å². The highest BCUT2D eigenvalue weighted by Crippen LogP contribution is 2.14. The fourth-order valence-electron chi connectivity index (χ4n) is 2.09. The van der Waals surface area contributed by atoms with Crippen molar-refractivity contribution in [2.45, 2.75) is 13.5 Å². The van der Waals surface area contributed by atoms with E-state index in [-0.39, 0.29) is 18.1 Å². The fraction of sp³-hybridized carbons (Fsp3) is 0.200. The number of aromatic nitrogens is 3. The largest absolute Gasteiger partial charge is 0.452 e. The normalized spacial score (nSPS) is 10.7. The number of hydrogen-bond acceptors (Lipinski definition) is 6. The lowest BCUT2D eigenvalue weighted by molar-refractivity contribution is -0.124. The molecule has 0 aliphatic rings. The smallest absolute Gasteiger partial charge is 0.344 e. The fourth-order valence-corrected chi connectivity index (χ4v) is 2.73. The summed E-state index contributed by atoms with van der Waals surface area (Å²) in [5.74, 6) is -0.962. The molecule has 8 heteroatoms. The molecule has 0 aromatic carbocycles. The maximum atomic E-state index is 12.2. The van der Waals surface area contributed by atoms with E-state index in [2.05, 4.69) is 15.4 Å². The number of ether oxygens (including phenoxy) is 1. The number of aryl methyl sites for hydroxylation is 1. The molecule has 3 rings (SSSR count). The molecule has 23 heavy (non-hydrogen) atoms. The van der Waals surface area contributed by atoms with Gasteiger partial charge in [0.1, 0.15) is 5.56 Å². The summed E-state index contributed by atoms with van der Waals surface area (Å²) in [6.45, 7) is 1.78. The Morgan fingerprint density at radius 3 is 3.04 bits per heavy atom. The summed E-state index contributed by atoms with van der Waals surface area (Å²) in [5, 5.41) is 8.81. The highest BCUT2D eigenvalue weighted by molar-refractivity contribution is 7.09. The van der Waals surface area contributed by atoms with Gasteiger partial charge in [0, 0.05) is 17.3 Å². The standard InChI is InChI=1S/C15H14N4O3S/c1-10-13(14-16-5-3-6-19(14)18-10)15(21)22-9-12(20)17-8-11-4-2-7-23-11/h2-7H,8-9H2,1H3,(H,17,20). The number of hydrogen-bond donors (Lipinski definition) is 1. The van der Waals surface area contributed by atoms with E-state index in [0.717, 1.165) is 4.88 Å². The number of carbonyl (C=O) groups excluding carboxylic acids is 2. The van der Waals surface area contributed by atoms with Crippen molar-refractivity contribution >= 4 is 28.9 Å². The molecule has 0 saturated carbocycles. The van der Waals surface area contributed by atoms with Crippen molar-refractivity contribution in [3.63, 3.8) is 0 Å². The molecule has 0 atom stereocenters. The first kappa shape index (κ1) is 15.2. The zero-order chi connectivity index (χ0) is 16.2. The van der Waals surface area contributed by atoms with E-state index < -0.39 is 5.97 Å². The number of rotatable bonds is 5. The van der Waals surface area contributed by atoms with Gasteiger partial charge in [-0.1, -0.05) is 6.07 Å². The Balaban J connectivity index is 1.60. The van der Waals surface area contributed by atoms with Crippen molar-refractivity contribution in [1.29, 1.82) is 0 Å². The second-order valence-corrected chi connectivity index (χ2v) is 5.81. The van der Waals surface area contributed by atoms with Gasteiger partial charge in [0.2, 0.25) is 0 Å². The Kier molecular flexibility index (Phi) is 4.33. The van der Waals surface area contributed by atoms with Crippen LogP contribution in [-0.2, 0) is 16.1 Å². The molecule has 0 aliphatic carbocycles. The molecule has 0 unspecified atom stereocenters. The van der Waals surface area contributed by atoms with E-state index in [9.17, 15) is 9.59 Å². The molecule has 3 aromatic heterocycles. The summed E-state index contributed by atoms with van der Waals surface area (Å²) in [6.07, 6.45) is 3.26. The predicted molar refractivity (Wildman–Crippen MR) is 84.2 cm³/mol. The molecule has 0 aliphatic heterocycles. The highest BCUT2D eigenvalue weighted by atomic mass is 32.1. The Morgan fingerprint density at radius 1 is 1.39 bits per heavy atom. The Labute approximate surface area is 135 Å². The summed E-state index contributed by atoms with van der Waals surface area (Å²) in [5.41, 5.74) is 1.19. The number of amides is 1. The van der Waals surface area contributed by atoms with Crippen LogP contribution >= 0.6 is 11.3 Å². The van der Waals surface area contributed by atoms with Crippen LogP contribution in [0.5, 0.6) is 0 Å². The van der Waals surface area contributed by atoms with Gasteiger partial charge in [-0.05, 0) is 24.4 Å². The Bertz CT molecular complexity index is 842. The van der Waals surface area contributed by atoms with E-state index in [0.29, 0.717) is 17.9 Å². The number of nitrogens with zero attached hydrogens (tertiary/aromatic N) is 3. The zero-order valence-corrected chi connectivity index (χ0v) is 13.2. The van der Waals surface area contributed by atoms with E-state index in [1.807, 2.05) is 17.5 Å². The maximum absolute atomic E-state index is 12.2. The second-order valence-electron chi connectivity index (χ2n) is 4.78. The average molecular weight is 330 g/mol. The van der Waals surface area contributed by atoms with Gasteiger partial charge >= 0.3 is 5.97 Å². The predicted octanol–water partition coefficient (Wildman–Crippen LogP) is 1.57. The Morgan fingerprint density at radius 2 is 2.26 bits per heavy atom. The third-order valence-electron chi connectivity index (χ3n) is 3.15. The zero-order valence-electron chi connectivity index (χ0n) is 12.4. The van der Waals surface area contributed by atoms with Crippen molar-refractivity contribution in [3.05, 3.63) is 52.1 Å². The second kappa shape index (κ2) is 6.57. The summed E-state index contributed by atoms with van der Waals surface area (Å²) in [7, 11) is 0. The van der Waals surface area contributed by atoms with E-state index in [1.54, 1.807) is 36.7 Å². The van der Waals surface area contributed by atoms with Gasteiger partial charge in [-0.15, -0.1) is 11.3 Å². The summed E-state index contributed by atoms with van der Waals surface area (Å²) in [6, 6.07) is 5.55. The van der Waals surface area contributed by atoms with Gasteiger partial charge in [-0.2, -0.15) is 5.10 Å². The van der Waals surface area contributed by atoms with Crippen LogP contribution < -0.4 is 5.32 Å². The third kappa shape index (κ3) is 3.37. The minimum absolute atomic E-state index is 0.275. The summed E-state index contributed by atoms with van der Waals surface area (Å²) < 4.78 is 6.57. The van der Waals surface area contributed by atoms with Gasteiger partial charge in [0.05, 0.1) is 12.2 Å². The minimum Gasteiger partial charge on any atom is -0.452 e. The van der Waals surface area contributed by atoms with Crippen LogP contribution in [0.4, 0.5) is 0 Å². The quantitative estimate of drug-likeness (QED) is 0.718. The first-order valence-corrected chi connectivity index (χ1v) is 7.79. The van der Waals surface area contributed by atoms with Gasteiger partial charge in [0.25, 0.3) is 5.91 Å². The molecular formula is C15H14N4O3S. The molecule has 118 valence electrons. The SMILES string of the molecule is Cc1nn2cccnc2c1C(=O)OCC(=O)NCc1cccs1. The number of thiophene rings is 1. The number of carbonyl (C=O) groups is 2. The van der Waals surface area contributed by atoms with E-state index >= 15 is 0 Å². The van der Waals surface area contributed by atoms with Crippen LogP contribution in [0, 0.1) is 6.92 Å². The van der Waals surface area contributed by atoms with Gasteiger partial charge < -0.3 is 10.1 Å². The van der Waals surface area contributed by atoms with E-state index in [4.69, 9.17) is 4.74 Å². The molecule has 3 heterocycles. The minimum atomic E-state index is -0.609. The van der Waals surface area contributed by atoms with Crippen molar-refractivity contribution < 1.29 is 14.3 Å². The monoisotopic (exact) mass is 330 g/mol. The van der Waals surface area contributed by atoms with Gasteiger partial charge in [-0.3, -0.25) is 4.79 Å². The number of fused-ring (bicyclic) bond motifs is 1. The molecule has 1 N–H and O–H groups in total. The average Bonchev–Trinajstić information content (AvgIpc) is 3.17. The third-order valence-corrected chi connectivity index (χ3v) is 4.03. The molecule has 3 aromatic rings. The van der Waals surface area contributed by atoms with Crippen LogP contribution in [0.15, 0.2) is 36.0 Å². The van der Waals surface area contributed by atoms with Crippen molar-refractivity contribution in [2.24, 2.45) is 0 Å². The molecule has 0 radical (unpaired) electrons. The van der Waals surface area contributed by atoms with Crippen LogP contribution in [0.3, 0.4) is 0 Å². The lowest BCUT2D eigenvalue weighted by atomic mass is 10.2. The first-order valence-electron chi connectivity index (χ1n) is 6.91. The topological polar surface area (TPSA) is 85.6 Å². The van der Waals surface area contributed by atoms with Gasteiger partial charge in [0.15, 0.2) is 12.3 Å². The molecule has 0 spiro atoms. The lowest BCUT2D eigenvalue weighted by Crippen LogP contribution is -2.28. The number of nitrogens with one attached hydrogen (secondary N) is 1.